The molecular formula is C22H21N7O. The molecule has 0 atom stereocenters. The van der Waals surface area contributed by atoms with Gasteiger partial charge in [-0.05, 0) is 37.6 Å². The molecule has 8 heteroatoms. The number of fused-ring (bicyclic) bond motifs is 2. The lowest BCUT2D eigenvalue weighted by Gasteiger charge is -2.20. The zero-order chi connectivity index (χ0) is 20.5. The maximum absolute atomic E-state index is 12.5. The molecule has 30 heavy (non-hydrogen) atoms. The van der Waals surface area contributed by atoms with E-state index in [0.717, 1.165) is 34.5 Å². The van der Waals surface area contributed by atoms with E-state index in [4.69, 9.17) is 9.97 Å². The standard InChI is InChI=1S/C22H21N7O/c1-2-29-17-8-4-3-7-16(17)26-18(29)13-25-21-15-9-11-24-22(30)19(15)27-20(28-21)14-6-5-10-23-12-14/h3-8,10,12H,2,9,11,13H2,1H3,(H,24,30)(H,25,27,28). The predicted molar refractivity (Wildman–Crippen MR) is 114 cm³/mol. The molecule has 0 radical (unpaired) electrons. The van der Waals surface area contributed by atoms with Gasteiger partial charge >= 0.3 is 0 Å². The van der Waals surface area contributed by atoms with Gasteiger partial charge in [-0.3, -0.25) is 9.78 Å². The number of hydrogen-bond donors (Lipinski definition) is 2. The zero-order valence-corrected chi connectivity index (χ0v) is 16.6. The van der Waals surface area contributed by atoms with E-state index in [9.17, 15) is 4.79 Å². The highest BCUT2D eigenvalue weighted by molar-refractivity contribution is 5.96. The van der Waals surface area contributed by atoms with Crippen molar-refractivity contribution < 1.29 is 4.79 Å². The summed E-state index contributed by atoms with van der Waals surface area (Å²) in [6.07, 6.45) is 4.08. The maximum Gasteiger partial charge on any atom is 0.270 e. The molecule has 0 aliphatic carbocycles. The Morgan fingerprint density at radius 2 is 2.03 bits per heavy atom. The molecule has 1 amide bonds. The van der Waals surface area contributed by atoms with Crippen LogP contribution in [-0.2, 0) is 19.5 Å². The van der Waals surface area contributed by atoms with Gasteiger partial charge in [0, 0.05) is 36.6 Å². The van der Waals surface area contributed by atoms with Crippen molar-refractivity contribution in [2.75, 3.05) is 11.9 Å². The molecule has 0 saturated carbocycles. The largest absolute Gasteiger partial charge is 0.362 e. The van der Waals surface area contributed by atoms with Crippen molar-refractivity contribution in [2.45, 2.75) is 26.4 Å². The number of aromatic nitrogens is 5. The van der Waals surface area contributed by atoms with Crippen LogP contribution in [0.1, 0.15) is 28.8 Å². The summed E-state index contributed by atoms with van der Waals surface area (Å²) in [7, 11) is 0. The summed E-state index contributed by atoms with van der Waals surface area (Å²) in [4.78, 5) is 30.6. The second-order valence-corrected chi connectivity index (χ2v) is 7.09. The highest BCUT2D eigenvalue weighted by Gasteiger charge is 2.24. The van der Waals surface area contributed by atoms with Crippen molar-refractivity contribution in [3.8, 4) is 11.4 Å². The van der Waals surface area contributed by atoms with Gasteiger partial charge in [0.05, 0.1) is 17.6 Å². The third-order valence-corrected chi connectivity index (χ3v) is 5.27. The lowest BCUT2D eigenvalue weighted by Crippen LogP contribution is -2.34. The van der Waals surface area contributed by atoms with Crippen molar-refractivity contribution in [1.82, 2.24) is 29.8 Å². The van der Waals surface area contributed by atoms with E-state index in [2.05, 4.69) is 38.2 Å². The summed E-state index contributed by atoms with van der Waals surface area (Å²) in [5.41, 5.74) is 4.10. The first-order valence-corrected chi connectivity index (χ1v) is 10.0. The first-order chi connectivity index (χ1) is 14.7. The van der Waals surface area contributed by atoms with Gasteiger partial charge in [0.1, 0.15) is 17.3 Å². The van der Waals surface area contributed by atoms with Crippen LogP contribution in [0.4, 0.5) is 5.82 Å². The van der Waals surface area contributed by atoms with Crippen molar-refractivity contribution in [1.29, 1.82) is 0 Å². The molecule has 1 aliphatic heterocycles. The van der Waals surface area contributed by atoms with Gasteiger partial charge in [-0.2, -0.15) is 0 Å². The van der Waals surface area contributed by atoms with Crippen LogP contribution in [0.25, 0.3) is 22.4 Å². The summed E-state index contributed by atoms with van der Waals surface area (Å²) in [5, 5.41) is 6.29. The number of rotatable bonds is 5. The molecule has 3 aromatic heterocycles. The van der Waals surface area contributed by atoms with Crippen LogP contribution in [0, 0.1) is 0 Å². The van der Waals surface area contributed by atoms with Gasteiger partial charge in [0.15, 0.2) is 5.82 Å². The molecule has 2 N–H and O–H groups in total. The first kappa shape index (κ1) is 18.2. The van der Waals surface area contributed by atoms with Gasteiger partial charge < -0.3 is 15.2 Å². The van der Waals surface area contributed by atoms with E-state index in [-0.39, 0.29) is 5.91 Å². The monoisotopic (exact) mass is 399 g/mol. The molecule has 0 unspecified atom stereocenters. The zero-order valence-electron chi connectivity index (χ0n) is 16.6. The topological polar surface area (TPSA) is 97.6 Å². The molecule has 1 aliphatic rings. The van der Waals surface area contributed by atoms with Crippen LogP contribution in [0.3, 0.4) is 0 Å². The molecule has 8 nitrogen and oxygen atoms in total. The SMILES string of the molecule is CCn1c(CNc2nc(-c3cccnc3)nc3c2CCNC3=O)nc2ccccc21. The van der Waals surface area contributed by atoms with E-state index in [1.54, 1.807) is 12.4 Å². The summed E-state index contributed by atoms with van der Waals surface area (Å²) in [5.74, 6) is 1.90. The van der Waals surface area contributed by atoms with Gasteiger partial charge in [0.25, 0.3) is 5.91 Å². The van der Waals surface area contributed by atoms with Gasteiger partial charge in [-0.15, -0.1) is 0 Å². The number of imidazole rings is 1. The molecule has 0 saturated heterocycles. The maximum atomic E-state index is 12.5. The molecule has 5 rings (SSSR count). The number of amides is 1. The van der Waals surface area contributed by atoms with E-state index >= 15 is 0 Å². The second kappa shape index (κ2) is 7.55. The third kappa shape index (κ3) is 3.16. The van der Waals surface area contributed by atoms with Crippen LogP contribution in [0.2, 0.25) is 0 Å². The van der Waals surface area contributed by atoms with Gasteiger partial charge in [-0.1, -0.05) is 12.1 Å². The smallest absolute Gasteiger partial charge is 0.270 e. The summed E-state index contributed by atoms with van der Waals surface area (Å²) >= 11 is 0. The van der Waals surface area contributed by atoms with E-state index in [1.165, 1.54) is 0 Å². The number of hydrogen-bond acceptors (Lipinski definition) is 6. The number of para-hydroxylation sites is 2. The number of carbonyl (C=O) groups excluding carboxylic acids is 1. The number of nitrogens with zero attached hydrogens (tertiary/aromatic N) is 5. The van der Waals surface area contributed by atoms with Gasteiger partial charge in [0.2, 0.25) is 0 Å². The molecule has 0 fully saturated rings. The molecular weight excluding hydrogens is 378 g/mol. The molecule has 4 heterocycles. The number of nitrogens with one attached hydrogen (secondary N) is 2. The van der Waals surface area contributed by atoms with Crippen molar-refractivity contribution in [3.05, 3.63) is 65.9 Å². The first-order valence-electron chi connectivity index (χ1n) is 10.0. The Hall–Kier alpha value is -3.81. The summed E-state index contributed by atoms with van der Waals surface area (Å²) < 4.78 is 2.19. The highest BCUT2D eigenvalue weighted by atomic mass is 16.1. The fourth-order valence-corrected chi connectivity index (χ4v) is 3.84. The number of benzene rings is 1. The van der Waals surface area contributed by atoms with Gasteiger partial charge in [-0.25, -0.2) is 15.0 Å². The number of aryl methyl sites for hydroxylation is 1. The van der Waals surface area contributed by atoms with E-state index in [0.29, 0.717) is 36.8 Å². The molecule has 0 bridgehead atoms. The Labute approximate surface area is 173 Å². The quantitative estimate of drug-likeness (QED) is 0.536. The summed E-state index contributed by atoms with van der Waals surface area (Å²) in [6, 6.07) is 11.8. The number of pyridine rings is 1. The van der Waals surface area contributed by atoms with Crippen molar-refractivity contribution in [3.63, 3.8) is 0 Å². The normalized spacial score (nSPS) is 13.2. The predicted octanol–water partition coefficient (Wildman–Crippen LogP) is 2.81. The van der Waals surface area contributed by atoms with E-state index in [1.807, 2.05) is 30.3 Å². The van der Waals surface area contributed by atoms with Crippen LogP contribution in [0.5, 0.6) is 0 Å². The fraction of sp³-hybridized carbons (Fsp3) is 0.227. The van der Waals surface area contributed by atoms with E-state index < -0.39 is 0 Å². The second-order valence-electron chi connectivity index (χ2n) is 7.09. The Morgan fingerprint density at radius 3 is 2.87 bits per heavy atom. The molecule has 4 aromatic rings. The molecule has 150 valence electrons. The molecule has 1 aromatic carbocycles. The van der Waals surface area contributed by atoms with Crippen LogP contribution < -0.4 is 10.6 Å². The minimum Gasteiger partial charge on any atom is -0.362 e. The minimum atomic E-state index is -0.173. The van der Waals surface area contributed by atoms with Crippen LogP contribution in [-0.4, -0.2) is 37.0 Å². The van der Waals surface area contributed by atoms with Crippen molar-refractivity contribution in [2.24, 2.45) is 0 Å². The lowest BCUT2D eigenvalue weighted by molar-refractivity contribution is 0.0940. The minimum absolute atomic E-state index is 0.173. The average molecular weight is 399 g/mol. The summed E-state index contributed by atoms with van der Waals surface area (Å²) in [6.45, 7) is 4.00. The highest BCUT2D eigenvalue weighted by Crippen LogP contribution is 2.25. The third-order valence-electron chi connectivity index (χ3n) is 5.27. The van der Waals surface area contributed by atoms with Crippen LogP contribution >= 0.6 is 0 Å². The Morgan fingerprint density at radius 1 is 1.13 bits per heavy atom. The van der Waals surface area contributed by atoms with Crippen molar-refractivity contribution >= 4 is 22.8 Å². The number of anilines is 1. The Kier molecular flexibility index (Phi) is 4.59. The number of carbonyl (C=O) groups is 1. The molecule has 0 spiro atoms. The average Bonchev–Trinajstić information content (AvgIpc) is 3.16. The van der Waals surface area contributed by atoms with Crippen LogP contribution in [0.15, 0.2) is 48.8 Å². The lowest BCUT2D eigenvalue weighted by atomic mass is 10.1. The Bertz CT molecular complexity index is 1230. The fourth-order valence-electron chi connectivity index (χ4n) is 3.84. The Balaban J connectivity index is 1.54.